The normalized spacial score (nSPS) is 16.7. The van der Waals surface area contributed by atoms with E-state index in [1.807, 2.05) is 0 Å². The number of hydrogen-bond acceptors (Lipinski definition) is 5. The Bertz CT molecular complexity index is 1240. The summed E-state index contributed by atoms with van der Waals surface area (Å²) in [5.41, 5.74) is 0.611. The van der Waals surface area contributed by atoms with Gasteiger partial charge >= 0.3 is 0 Å². The van der Waals surface area contributed by atoms with Gasteiger partial charge < -0.3 is 14.7 Å². The maximum absolute atomic E-state index is 15.6. The zero-order valence-corrected chi connectivity index (χ0v) is 22.0. The van der Waals surface area contributed by atoms with Gasteiger partial charge in [0.05, 0.1) is 17.6 Å². The van der Waals surface area contributed by atoms with Crippen molar-refractivity contribution in [3.63, 3.8) is 0 Å². The molecule has 37 heavy (non-hydrogen) atoms. The number of aromatic nitrogens is 1. The highest BCUT2D eigenvalue weighted by atomic mass is 35.5. The van der Waals surface area contributed by atoms with Gasteiger partial charge in [0.15, 0.2) is 11.6 Å². The molecule has 1 unspecified atom stereocenters. The molecular formula is C27H29ClF4N2O2S. The number of likely N-dealkylation sites (tertiary alicyclic amines) is 1. The Kier molecular flexibility index (Phi) is 9.21. The zero-order valence-electron chi connectivity index (χ0n) is 20.5. The van der Waals surface area contributed by atoms with Crippen LogP contribution < -0.4 is 4.74 Å². The Morgan fingerprint density at radius 3 is 2.65 bits per heavy atom. The number of ether oxygens (including phenoxy) is 1. The number of aliphatic hydroxyl groups is 1. The summed E-state index contributed by atoms with van der Waals surface area (Å²) in [4.78, 5) is 6.40. The van der Waals surface area contributed by atoms with Crippen molar-refractivity contribution in [2.24, 2.45) is 5.41 Å². The minimum Gasteiger partial charge on any atom is -0.497 e. The van der Waals surface area contributed by atoms with E-state index in [4.69, 9.17) is 16.3 Å². The lowest BCUT2D eigenvalue weighted by atomic mass is 9.74. The number of nitrogens with zero attached hydrogens (tertiary/aromatic N) is 2. The van der Waals surface area contributed by atoms with Crippen LogP contribution in [0.15, 0.2) is 41.4 Å². The first-order valence-electron chi connectivity index (χ1n) is 12.1. The van der Waals surface area contributed by atoms with Crippen LogP contribution in [0.25, 0.3) is 10.9 Å². The first kappa shape index (κ1) is 28.0. The second-order valence-corrected chi connectivity index (χ2v) is 11.0. The fourth-order valence-electron chi connectivity index (χ4n) is 4.85. The second-order valence-electron chi connectivity index (χ2n) is 9.46. The lowest BCUT2D eigenvalue weighted by Crippen LogP contribution is -2.42. The second kappa shape index (κ2) is 12.2. The number of fused-ring (bicyclic) bond motifs is 1. The molecule has 0 saturated carbocycles. The highest BCUT2D eigenvalue weighted by molar-refractivity contribution is 7.99. The highest BCUT2D eigenvalue weighted by Crippen LogP contribution is 2.42. The number of aliphatic hydroxyl groups excluding tert-OH is 1. The number of pyridine rings is 1. The first-order valence-corrected chi connectivity index (χ1v) is 13.5. The molecule has 200 valence electrons. The van der Waals surface area contributed by atoms with Crippen molar-refractivity contribution < 1.29 is 27.4 Å². The van der Waals surface area contributed by atoms with E-state index in [1.54, 1.807) is 25.3 Å². The van der Waals surface area contributed by atoms with Crippen molar-refractivity contribution >= 4 is 34.3 Å². The Morgan fingerprint density at radius 2 is 1.95 bits per heavy atom. The summed E-state index contributed by atoms with van der Waals surface area (Å²) in [6, 6.07) is 6.79. The average Bonchev–Trinajstić information content (AvgIpc) is 2.90. The summed E-state index contributed by atoms with van der Waals surface area (Å²) in [5.74, 6) is -1.98. The number of benzene rings is 2. The topological polar surface area (TPSA) is 45.6 Å². The third-order valence-electron chi connectivity index (χ3n) is 7.19. The van der Waals surface area contributed by atoms with Gasteiger partial charge in [-0.3, -0.25) is 4.98 Å². The molecule has 1 N–H and O–H groups in total. The predicted octanol–water partition coefficient (Wildman–Crippen LogP) is 6.97. The summed E-state index contributed by atoms with van der Waals surface area (Å²) in [6.07, 6.45) is 2.19. The Hall–Kier alpha value is -2.07. The van der Waals surface area contributed by atoms with Crippen LogP contribution in [-0.2, 0) is 0 Å². The molecule has 4 nitrogen and oxygen atoms in total. The molecule has 2 heterocycles. The van der Waals surface area contributed by atoms with E-state index in [1.165, 1.54) is 6.20 Å². The summed E-state index contributed by atoms with van der Waals surface area (Å²) in [7, 11) is 1.54. The molecular weight excluding hydrogens is 528 g/mol. The number of rotatable bonds is 10. The predicted molar refractivity (Wildman–Crippen MR) is 139 cm³/mol. The molecule has 1 fully saturated rings. The maximum atomic E-state index is 15.6. The lowest BCUT2D eigenvalue weighted by molar-refractivity contribution is 0.0323. The summed E-state index contributed by atoms with van der Waals surface area (Å²) < 4.78 is 61.5. The third-order valence-corrected chi connectivity index (χ3v) is 8.48. The largest absolute Gasteiger partial charge is 0.497 e. The molecule has 0 bridgehead atoms. The number of hydrogen-bond donors (Lipinski definition) is 1. The molecule has 0 radical (unpaired) electrons. The van der Waals surface area contributed by atoms with E-state index in [2.05, 4.69) is 9.88 Å². The molecule has 1 aromatic heterocycles. The first-order chi connectivity index (χ1) is 17.7. The van der Waals surface area contributed by atoms with Gasteiger partial charge in [-0.2, -0.15) is 0 Å². The average molecular weight is 557 g/mol. The van der Waals surface area contributed by atoms with E-state index < -0.39 is 29.0 Å². The molecule has 10 heteroatoms. The van der Waals surface area contributed by atoms with Crippen LogP contribution in [0.4, 0.5) is 17.6 Å². The maximum Gasteiger partial charge on any atom is 0.172 e. The molecule has 1 aliphatic heterocycles. The van der Waals surface area contributed by atoms with Crippen molar-refractivity contribution in [1.29, 1.82) is 0 Å². The molecule has 3 aromatic rings. The number of methoxy groups -OCH3 is 1. The smallest absolute Gasteiger partial charge is 0.172 e. The SMILES string of the molecule is COc1ccc2ncc(Cl)c(C(F)CCC3(CO)CCN(CCSc4cc(F)cc(F)c4F)CC3)c2c1. The van der Waals surface area contributed by atoms with Crippen LogP contribution in [0.1, 0.15) is 37.4 Å². The molecule has 0 spiro atoms. The van der Waals surface area contributed by atoms with Crippen LogP contribution in [0, 0.1) is 22.9 Å². The Balaban J connectivity index is 1.33. The van der Waals surface area contributed by atoms with Gasteiger partial charge in [0.25, 0.3) is 0 Å². The van der Waals surface area contributed by atoms with E-state index in [-0.39, 0.29) is 22.9 Å². The van der Waals surface area contributed by atoms with Crippen molar-refractivity contribution in [2.45, 2.75) is 36.8 Å². The number of thioether (sulfide) groups is 1. The van der Waals surface area contributed by atoms with Gasteiger partial charge in [0.1, 0.15) is 17.7 Å². The van der Waals surface area contributed by atoms with Crippen LogP contribution in [0.5, 0.6) is 5.75 Å². The molecule has 1 saturated heterocycles. The molecule has 2 aromatic carbocycles. The number of piperidine rings is 1. The van der Waals surface area contributed by atoms with Crippen LogP contribution in [0.3, 0.4) is 0 Å². The van der Waals surface area contributed by atoms with Gasteiger partial charge in [-0.05, 0) is 68.5 Å². The molecule has 0 amide bonds. The van der Waals surface area contributed by atoms with Crippen molar-refractivity contribution in [3.8, 4) is 5.75 Å². The third kappa shape index (κ3) is 6.50. The summed E-state index contributed by atoms with van der Waals surface area (Å²) >= 11 is 7.43. The fourth-order valence-corrected chi connectivity index (χ4v) is 6.11. The van der Waals surface area contributed by atoms with Gasteiger partial charge in [-0.1, -0.05) is 11.6 Å². The summed E-state index contributed by atoms with van der Waals surface area (Å²) in [5, 5.41) is 11.1. The van der Waals surface area contributed by atoms with Gasteiger partial charge in [-0.15, -0.1) is 11.8 Å². The van der Waals surface area contributed by atoms with Crippen LogP contribution in [-0.4, -0.2) is 54.1 Å². The van der Waals surface area contributed by atoms with Crippen molar-refractivity contribution in [2.75, 3.05) is 39.1 Å². The molecule has 1 aliphatic rings. The molecule has 4 rings (SSSR count). The van der Waals surface area contributed by atoms with Crippen LogP contribution >= 0.6 is 23.4 Å². The summed E-state index contributed by atoms with van der Waals surface area (Å²) in [6.45, 7) is 1.94. The standard InChI is InChI=1S/C27H29ClF4N2O2S/c1-36-18-2-3-23-19(14-18)25(20(28)15-33-23)21(30)4-5-27(16-35)6-8-34(9-7-27)10-11-37-24-13-17(29)12-22(31)26(24)32/h2-3,12-15,21,35H,4-11,16H2,1H3. The minimum absolute atomic E-state index is 0.0469. The monoisotopic (exact) mass is 556 g/mol. The zero-order chi connectivity index (χ0) is 26.6. The number of alkyl halides is 1. The lowest BCUT2D eigenvalue weighted by Gasteiger charge is -2.41. The van der Waals surface area contributed by atoms with Crippen LogP contribution in [0.2, 0.25) is 5.02 Å². The van der Waals surface area contributed by atoms with Gasteiger partial charge in [0, 0.05) is 47.0 Å². The fraction of sp³-hybridized carbons (Fsp3) is 0.444. The quantitative estimate of drug-likeness (QED) is 0.166. The van der Waals surface area contributed by atoms with E-state index in [9.17, 15) is 18.3 Å². The van der Waals surface area contributed by atoms with Crippen molar-refractivity contribution in [3.05, 3.63) is 64.6 Å². The highest BCUT2D eigenvalue weighted by Gasteiger charge is 2.35. The Morgan fingerprint density at radius 1 is 1.19 bits per heavy atom. The van der Waals surface area contributed by atoms with E-state index in [0.717, 1.165) is 17.8 Å². The van der Waals surface area contributed by atoms with E-state index >= 15 is 4.39 Å². The van der Waals surface area contributed by atoms with Crippen molar-refractivity contribution in [1.82, 2.24) is 9.88 Å². The molecule has 0 aliphatic carbocycles. The van der Waals surface area contributed by atoms with E-state index in [0.29, 0.717) is 72.9 Å². The Labute approximate surface area is 223 Å². The minimum atomic E-state index is -1.33. The molecule has 1 atom stereocenters. The van der Waals surface area contributed by atoms with Gasteiger partial charge in [0.2, 0.25) is 0 Å². The van der Waals surface area contributed by atoms with Gasteiger partial charge in [-0.25, -0.2) is 17.6 Å². The number of halogens is 5.